The molecule has 0 radical (unpaired) electrons. The maximum Gasteiger partial charge on any atom is 0.348 e. The molecule has 172 valence electrons. The molecule has 2 heterocycles. The topological polar surface area (TPSA) is 51.2 Å². The van der Waals surface area contributed by atoms with Gasteiger partial charge in [0.05, 0.1) is 6.04 Å². The van der Waals surface area contributed by atoms with E-state index in [4.69, 9.17) is 13.7 Å². The first-order valence-electron chi connectivity index (χ1n) is 11.4. The van der Waals surface area contributed by atoms with Gasteiger partial charge in [-0.1, -0.05) is 53.7 Å². The molecule has 2 saturated heterocycles. The van der Waals surface area contributed by atoms with Crippen molar-refractivity contribution >= 4 is 22.7 Å². The van der Waals surface area contributed by atoms with E-state index in [1.54, 1.807) is 5.06 Å². The molecule has 0 aromatic heterocycles. The number of carbonyl (C=O) groups is 1. The predicted octanol–water partition coefficient (Wildman–Crippen LogP) is 5.84. The van der Waals surface area contributed by atoms with Gasteiger partial charge in [0.25, 0.3) is 0 Å². The predicted molar refractivity (Wildman–Crippen MR) is 125 cm³/mol. The van der Waals surface area contributed by atoms with E-state index in [0.29, 0.717) is 0 Å². The van der Waals surface area contributed by atoms with Crippen molar-refractivity contribution in [3.8, 4) is 0 Å². The Morgan fingerprint density at radius 3 is 1.70 bits per heavy atom. The van der Waals surface area contributed by atoms with Crippen molar-refractivity contribution in [3.63, 3.8) is 0 Å². The molecule has 2 aliphatic heterocycles. The van der Waals surface area contributed by atoms with Gasteiger partial charge in [-0.15, -0.1) is 0 Å². The summed E-state index contributed by atoms with van der Waals surface area (Å²) in [6.07, 6.45) is 6.06. The van der Waals surface area contributed by atoms with Gasteiger partial charge in [-0.25, -0.2) is 4.79 Å². The van der Waals surface area contributed by atoms with Crippen molar-refractivity contribution < 1.29 is 18.5 Å². The lowest BCUT2D eigenvalue weighted by atomic mass is 10.2. The van der Waals surface area contributed by atoms with Crippen molar-refractivity contribution in [1.82, 2.24) is 9.96 Å². The van der Waals surface area contributed by atoms with E-state index < -0.39 is 16.6 Å². The number of urea groups is 1. The van der Waals surface area contributed by atoms with Crippen molar-refractivity contribution in [2.45, 2.75) is 122 Å². The summed E-state index contributed by atoms with van der Waals surface area (Å²) in [4.78, 5) is 21.4. The summed E-state index contributed by atoms with van der Waals surface area (Å²) < 4.78 is 13.5. The number of nitrogens with zero attached hydrogens (tertiary/aromatic N) is 2. The third-order valence-electron chi connectivity index (χ3n) is 7.74. The number of fused-ring (bicyclic) bond motifs is 2. The fourth-order valence-electron chi connectivity index (χ4n) is 3.68. The van der Waals surface area contributed by atoms with E-state index >= 15 is 0 Å². The largest absolute Gasteiger partial charge is 0.397 e. The maximum absolute atomic E-state index is 13.7. The van der Waals surface area contributed by atoms with E-state index in [0.717, 1.165) is 19.3 Å². The van der Waals surface area contributed by atoms with Gasteiger partial charge in [-0.3, -0.25) is 9.74 Å². The third-order valence-corrected chi connectivity index (χ3v) is 16.7. The Kier molecular flexibility index (Phi) is 6.17. The highest BCUT2D eigenvalue weighted by Crippen LogP contribution is 2.43. The number of carbonyl (C=O) groups excluding carboxylic acids is 1. The quantitative estimate of drug-likeness (QED) is 0.395. The van der Waals surface area contributed by atoms with Crippen LogP contribution in [0.25, 0.3) is 0 Å². The highest BCUT2D eigenvalue weighted by atomic mass is 28.4. The molecule has 0 N–H and O–H groups in total. The number of hydrogen-bond donors (Lipinski definition) is 0. The third kappa shape index (κ3) is 4.44. The normalized spacial score (nSPS) is 29.9. The molecule has 1 aliphatic carbocycles. The molecule has 30 heavy (non-hydrogen) atoms. The molecule has 2 fully saturated rings. The lowest BCUT2D eigenvalue weighted by Gasteiger charge is -2.44. The molecule has 0 aromatic carbocycles. The zero-order valence-electron chi connectivity index (χ0n) is 20.6. The zero-order valence-corrected chi connectivity index (χ0v) is 22.6. The maximum atomic E-state index is 13.7. The van der Waals surface area contributed by atoms with Crippen LogP contribution in [-0.4, -0.2) is 57.2 Å². The number of hydrogen-bond acceptors (Lipinski definition) is 4. The second-order valence-corrected chi connectivity index (χ2v) is 21.6. The monoisotopic (exact) mass is 454 g/mol. The SMILES string of the molecule is CC(C)(C)[Si](C)(C)O[C@@H]1CC[C@@H](O[Si](C)(C)C(C)(C)C)N1C(=O)N1O[C@H]2C=C[C@@H]1C2. The van der Waals surface area contributed by atoms with Gasteiger partial charge in [0, 0.05) is 6.42 Å². The number of hydroxylamine groups is 2. The van der Waals surface area contributed by atoms with E-state index in [-0.39, 0.29) is 40.7 Å². The second-order valence-electron chi connectivity index (χ2n) is 12.1. The fraction of sp³-hybridized carbons (Fsp3) is 0.864. The van der Waals surface area contributed by atoms with E-state index in [1.165, 1.54) is 0 Å². The Bertz CT molecular complexity index is 660. The smallest absolute Gasteiger partial charge is 0.348 e. The van der Waals surface area contributed by atoms with E-state index in [9.17, 15) is 4.79 Å². The van der Waals surface area contributed by atoms with Crippen LogP contribution in [0, 0.1) is 0 Å². The van der Waals surface area contributed by atoms with Gasteiger partial charge in [0.15, 0.2) is 16.6 Å². The van der Waals surface area contributed by atoms with Gasteiger partial charge in [-0.2, -0.15) is 5.06 Å². The Morgan fingerprint density at radius 2 is 1.37 bits per heavy atom. The Hall–Kier alpha value is -0.676. The van der Waals surface area contributed by atoms with Crippen LogP contribution in [0.3, 0.4) is 0 Å². The molecular weight excluding hydrogens is 412 g/mol. The van der Waals surface area contributed by atoms with Gasteiger partial charge >= 0.3 is 6.03 Å². The molecule has 2 bridgehead atoms. The molecule has 0 aromatic rings. The van der Waals surface area contributed by atoms with Crippen LogP contribution in [-0.2, 0) is 13.7 Å². The summed E-state index contributed by atoms with van der Waals surface area (Å²) in [6.45, 7) is 22.4. The summed E-state index contributed by atoms with van der Waals surface area (Å²) in [6, 6.07) is -0.0955. The molecule has 8 heteroatoms. The number of likely N-dealkylation sites (tertiary alicyclic amines) is 1. The van der Waals surface area contributed by atoms with E-state index in [2.05, 4.69) is 73.8 Å². The molecule has 2 amide bonds. The first kappa shape index (κ1) is 24.0. The molecule has 0 unspecified atom stereocenters. The molecule has 6 nitrogen and oxygen atoms in total. The highest BCUT2D eigenvalue weighted by Gasteiger charge is 2.51. The molecular formula is C22H42N2O4Si2. The molecule has 3 aliphatic rings. The summed E-state index contributed by atoms with van der Waals surface area (Å²) in [5.41, 5.74) is 0. The van der Waals surface area contributed by atoms with Gasteiger partial charge in [-0.05, 0) is 49.1 Å². The average molecular weight is 455 g/mol. The molecule has 0 spiro atoms. The van der Waals surface area contributed by atoms with Crippen LogP contribution in [0.1, 0.15) is 60.8 Å². The molecule has 0 saturated carbocycles. The Labute approximate surface area is 185 Å². The Balaban J connectivity index is 1.86. The minimum absolute atomic E-state index is 0.0149. The summed E-state index contributed by atoms with van der Waals surface area (Å²) >= 11 is 0. The standard InChI is InChI=1S/C22H42N2O4Si2/c1-21(2,3)29(7,8)27-18-13-14-19(28-30(9,10)22(4,5)6)23(18)20(25)24-16-11-12-17(15-16)26-24/h11-12,16-19H,13-15H2,1-10H3/t16-,17+,18-,19-/m1/s1. The van der Waals surface area contributed by atoms with Crippen molar-refractivity contribution in [2.75, 3.05) is 0 Å². The highest BCUT2D eigenvalue weighted by molar-refractivity contribution is 6.74. The summed E-state index contributed by atoms with van der Waals surface area (Å²) in [5, 5.41) is 1.71. The number of rotatable bonds is 4. The number of amides is 2. The average Bonchev–Trinajstić information content (AvgIpc) is 3.27. The van der Waals surface area contributed by atoms with Crippen LogP contribution in [0.15, 0.2) is 12.2 Å². The van der Waals surface area contributed by atoms with Crippen LogP contribution in [0.2, 0.25) is 36.3 Å². The second kappa shape index (κ2) is 7.72. The Morgan fingerprint density at radius 1 is 0.900 bits per heavy atom. The minimum atomic E-state index is -2.05. The van der Waals surface area contributed by atoms with Crippen molar-refractivity contribution in [3.05, 3.63) is 12.2 Å². The van der Waals surface area contributed by atoms with Crippen LogP contribution >= 0.6 is 0 Å². The minimum Gasteiger partial charge on any atom is -0.397 e. The summed E-state index contributed by atoms with van der Waals surface area (Å²) in [7, 11) is -4.10. The fourth-order valence-corrected chi connectivity index (χ4v) is 6.21. The zero-order chi connectivity index (χ0) is 22.7. The molecule has 4 atom stereocenters. The summed E-state index contributed by atoms with van der Waals surface area (Å²) in [5.74, 6) is 0. The van der Waals surface area contributed by atoms with Gasteiger partial charge in [0.2, 0.25) is 0 Å². The lowest BCUT2D eigenvalue weighted by molar-refractivity contribution is -0.133. The first-order chi connectivity index (χ1) is 13.5. The lowest BCUT2D eigenvalue weighted by Crippen LogP contribution is -2.57. The van der Waals surface area contributed by atoms with Crippen molar-refractivity contribution in [1.29, 1.82) is 0 Å². The van der Waals surface area contributed by atoms with Crippen molar-refractivity contribution in [2.24, 2.45) is 0 Å². The molecule has 3 rings (SSSR count). The van der Waals surface area contributed by atoms with Crippen LogP contribution in [0.4, 0.5) is 4.79 Å². The first-order valence-corrected chi connectivity index (χ1v) is 17.2. The van der Waals surface area contributed by atoms with Gasteiger partial charge < -0.3 is 8.85 Å². The van der Waals surface area contributed by atoms with Crippen LogP contribution in [0.5, 0.6) is 0 Å². The van der Waals surface area contributed by atoms with E-state index in [1.807, 2.05) is 11.0 Å². The van der Waals surface area contributed by atoms with Gasteiger partial charge in [0.1, 0.15) is 18.6 Å². The van der Waals surface area contributed by atoms with Crippen LogP contribution < -0.4 is 0 Å².